The molecule has 0 aromatic heterocycles. The van der Waals surface area contributed by atoms with Gasteiger partial charge in [0.1, 0.15) is 0 Å². The summed E-state index contributed by atoms with van der Waals surface area (Å²) in [5.74, 6) is 0.410. The van der Waals surface area contributed by atoms with Crippen LogP contribution >= 0.6 is 0 Å². The molecule has 0 unspecified atom stereocenters. The van der Waals surface area contributed by atoms with E-state index >= 15 is 0 Å². The molecule has 0 bridgehead atoms. The quantitative estimate of drug-likeness (QED) is 0.594. The Morgan fingerprint density at radius 3 is 2.44 bits per heavy atom. The van der Waals surface area contributed by atoms with Crippen molar-refractivity contribution in [2.75, 3.05) is 0 Å². The molecule has 1 aliphatic rings. The first kappa shape index (κ1) is 11.0. The molecule has 0 radical (unpaired) electrons. The second-order valence-corrected chi connectivity index (χ2v) is 4.64. The van der Waals surface area contributed by atoms with Gasteiger partial charge in [0, 0.05) is 11.5 Å². The fourth-order valence-corrected chi connectivity index (χ4v) is 2.77. The summed E-state index contributed by atoms with van der Waals surface area (Å²) in [6.45, 7) is 0. The highest BCUT2D eigenvalue weighted by atomic mass is 16.4. The average Bonchev–Trinajstić information content (AvgIpc) is 2.47. The molecule has 0 saturated heterocycles. The summed E-state index contributed by atoms with van der Waals surface area (Å²) in [7, 11) is 0. The molecule has 1 N–H and O–H groups in total. The lowest BCUT2D eigenvalue weighted by molar-refractivity contribution is 0.317. The van der Waals surface area contributed by atoms with Crippen molar-refractivity contribution in [2.24, 2.45) is 5.16 Å². The third-order valence-corrected chi connectivity index (χ3v) is 3.64. The maximum atomic E-state index is 9.08. The SMILES string of the molecule is O/N=C1\CC[C@H](c2ccccc2)c2ccccc21. The summed E-state index contributed by atoms with van der Waals surface area (Å²) in [5.41, 5.74) is 4.49. The molecule has 90 valence electrons. The molecule has 2 aromatic carbocycles. The molecule has 2 aromatic rings. The standard InChI is InChI=1S/C16H15NO/c18-17-16-11-10-13(12-6-2-1-3-7-12)14-8-4-5-9-15(14)16/h1-9,13,18H,10-11H2/b17-16+/t13-/m1/s1. The minimum absolute atomic E-state index is 0.410. The summed E-state index contributed by atoms with van der Waals surface area (Å²) in [5, 5.41) is 12.5. The molecule has 1 aliphatic carbocycles. The first-order chi connectivity index (χ1) is 8.90. The van der Waals surface area contributed by atoms with Gasteiger partial charge >= 0.3 is 0 Å². The number of oxime groups is 1. The fraction of sp³-hybridized carbons (Fsp3) is 0.188. The molecule has 0 saturated carbocycles. The van der Waals surface area contributed by atoms with E-state index in [2.05, 4.69) is 41.6 Å². The molecule has 0 spiro atoms. The Kier molecular flexibility index (Phi) is 2.85. The van der Waals surface area contributed by atoms with E-state index in [1.807, 2.05) is 18.2 Å². The zero-order chi connectivity index (χ0) is 12.4. The van der Waals surface area contributed by atoms with Crippen LogP contribution in [0.2, 0.25) is 0 Å². The second kappa shape index (κ2) is 4.65. The zero-order valence-electron chi connectivity index (χ0n) is 10.1. The van der Waals surface area contributed by atoms with Crippen LogP contribution < -0.4 is 0 Å². The van der Waals surface area contributed by atoms with E-state index in [4.69, 9.17) is 5.21 Å². The lowest BCUT2D eigenvalue weighted by atomic mass is 9.78. The monoisotopic (exact) mass is 237 g/mol. The van der Waals surface area contributed by atoms with Crippen LogP contribution in [0.25, 0.3) is 0 Å². The normalized spacial score (nSPS) is 20.7. The van der Waals surface area contributed by atoms with Crippen LogP contribution in [0, 0.1) is 0 Å². The Balaban J connectivity index is 2.10. The first-order valence-electron chi connectivity index (χ1n) is 6.25. The Labute approximate surface area is 107 Å². The van der Waals surface area contributed by atoms with Gasteiger partial charge in [-0.3, -0.25) is 0 Å². The van der Waals surface area contributed by atoms with E-state index in [1.54, 1.807) is 0 Å². The van der Waals surface area contributed by atoms with Crippen molar-refractivity contribution >= 4 is 5.71 Å². The minimum Gasteiger partial charge on any atom is -0.411 e. The zero-order valence-corrected chi connectivity index (χ0v) is 10.1. The second-order valence-electron chi connectivity index (χ2n) is 4.64. The molecule has 0 aliphatic heterocycles. The van der Waals surface area contributed by atoms with E-state index in [0.29, 0.717) is 5.92 Å². The third kappa shape index (κ3) is 1.80. The maximum absolute atomic E-state index is 9.08. The predicted molar refractivity (Wildman–Crippen MR) is 72.3 cm³/mol. The highest BCUT2D eigenvalue weighted by Gasteiger charge is 2.25. The van der Waals surface area contributed by atoms with Gasteiger partial charge in [-0.15, -0.1) is 0 Å². The van der Waals surface area contributed by atoms with Crippen molar-refractivity contribution in [2.45, 2.75) is 18.8 Å². The van der Waals surface area contributed by atoms with Gasteiger partial charge in [-0.05, 0) is 24.0 Å². The van der Waals surface area contributed by atoms with Crippen LogP contribution in [0.15, 0.2) is 59.8 Å². The summed E-state index contributed by atoms with van der Waals surface area (Å²) >= 11 is 0. The molecule has 2 heteroatoms. The van der Waals surface area contributed by atoms with E-state index in [9.17, 15) is 0 Å². The van der Waals surface area contributed by atoms with Gasteiger partial charge in [0.2, 0.25) is 0 Å². The van der Waals surface area contributed by atoms with Gasteiger partial charge in [0.15, 0.2) is 0 Å². The number of rotatable bonds is 1. The highest BCUT2D eigenvalue weighted by Crippen LogP contribution is 2.36. The summed E-state index contributed by atoms with van der Waals surface area (Å²) in [6, 6.07) is 18.8. The van der Waals surface area contributed by atoms with Crippen molar-refractivity contribution in [3.63, 3.8) is 0 Å². The number of hydrogen-bond acceptors (Lipinski definition) is 2. The molecular formula is C16H15NO. The van der Waals surface area contributed by atoms with Gasteiger partial charge in [0.05, 0.1) is 5.71 Å². The van der Waals surface area contributed by atoms with Gasteiger partial charge in [-0.25, -0.2) is 0 Å². The highest BCUT2D eigenvalue weighted by molar-refractivity contribution is 6.02. The molecule has 0 amide bonds. The predicted octanol–water partition coefficient (Wildman–Crippen LogP) is 3.79. The summed E-state index contributed by atoms with van der Waals surface area (Å²) in [6.07, 6.45) is 1.83. The van der Waals surface area contributed by atoms with E-state index in [-0.39, 0.29) is 0 Å². The summed E-state index contributed by atoms with van der Waals surface area (Å²) < 4.78 is 0. The molecular weight excluding hydrogens is 222 g/mol. The van der Waals surface area contributed by atoms with Crippen molar-refractivity contribution in [3.8, 4) is 0 Å². The Morgan fingerprint density at radius 2 is 1.67 bits per heavy atom. The average molecular weight is 237 g/mol. The van der Waals surface area contributed by atoms with Gasteiger partial charge in [-0.2, -0.15) is 0 Å². The van der Waals surface area contributed by atoms with Gasteiger partial charge in [0.25, 0.3) is 0 Å². The lowest BCUT2D eigenvalue weighted by Crippen LogP contribution is -2.17. The summed E-state index contributed by atoms with van der Waals surface area (Å²) in [4.78, 5) is 0. The van der Waals surface area contributed by atoms with E-state index < -0.39 is 0 Å². The molecule has 1 atom stereocenters. The number of benzene rings is 2. The van der Waals surface area contributed by atoms with Crippen LogP contribution in [0.1, 0.15) is 35.4 Å². The Hall–Kier alpha value is -2.09. The first-order valence-corrected chi connectivity index (χ1v) is 6.25. The number of fused-ring (bicyclic) bond motifs is 1. The van der Waals surface area contributed by atoms with E-state index in [0.717, 1.165) is 24.1 Å². The third-order valence-electron chi connectivity index (χ3n) is 3.64. The van der Waals surface area contributed by atoms with Crippen LogP contribution in [0.5, 0.6) is 0 Å². The van der Waals surface area contributed by atoms with Crippen LogP contribution in [0.3, 0.4) is 0 Å². The Morgan fingerprint density at radius 1 is 0.944 bits per heavy atom. The Bertz CT molecular complexity index is 575. The van der Waals surface area contributed by atoms with Crippen molar-refractivity contribution in [3.05, 3.63) is 71.3 Å². The van der Waals surface area contributed by atoms with Crippen LogP contribution in [-0.2, 0) is 0 Å². The number of hydrogen-bond donors (Lipinski definition) is 1. The topological polar surface area (TPSA) is 32.6 Å². The minimum atomic E-state index is 0.410. The van der Waals surface area contributed by atoms with Gasteiger partial charge in [-0.1, -0.05) is 59.8 Å². The molecule has 18 heavy (non-hydrogen) atoms. The van der Waals surface area contributed by atoms with E-state index in [1.165, 1.54) is 11.1 Å². The van der Waals surface area contributed by atoms with Gasteiger partial charge < -0.3 is 5.21 Å². The maximum Gasteiger partial charge on any atom is 0.0871 e. The number of nitrogens with zero attached hydrogens (tertiary/aromatic N) is 1. The lowest BCUT2D eigenvalue weighted by Gasteiger charge is -2.26. The fourth-order valence-electron chi connectivity index (χ4n) is 2.77. The van der Waals surface area contributed by atoms with Crippen LogP contribution in [0.4, 0.5) is 0 Å². The van der Waals surface area contributed by atoms with Crippen molar-refractivity contribution < 1.29 is 5.21 Å². The van der Waals surface area contributed by atoms with Crippen molar-refractivity contribution in [1.82, 2.24) is 0 Å². The smallest absolute Gasteiger partial charge is 0.0871 e. The largest absolute Gasteiger partial charge is 0.411 e. The molecule has 0 fully saturated rings. The van der Waals surface area contributed by atoms with Crippen molar-refractivity contribution in [1.29, 1.82) is 0 Å². The molecule has 3 rings (SSSR count). The molecule has 0 heterocycles. The van der Waals surface area contributed by atoms with Crippen LogP contribution in [-0.4, -0.2) is 10.9 Å². The molecule has 2 nitrogen and oxygen atoms in total.